The Hall–Kier alpha value is -3.08. The number of nitrogens with one attached hydrogen (secondary N) is 1. The third kappa shape index (κ3) is 6.91. The summed E-state index contributed by atoms with van der Waals surface area (Å²) in [4.78, 5) is 23.4. The monoisotopic (exact) mass is 339 g/mol. The smallest absolute Gasteiger partial charge is 0.407 e. The van der Waals surface area contributed by atoms with Crippen LogP contribution in [0, 0.1) is 0 Å². The second-order valence-electron chi connectivity index (χ2n) is 5.38. The molecule has 5 nitrogen and oxygen atoms in total. The average Bonchev–Trinajstić information content (AvgIpc) is 2.66. The van der Waals surface area contributed by atoms with Crippen molar-refractivity contribution >= 4 is 12.1 Å². The zero-order valence-electron chi connectivity index (χ0n) is 14.1. The lowest BCUT2D eigenvalue weighted by atomic mass is 10.1. The number of hydrogen-bond donors (Lipinski definition) is 1. The molecule has 2 rings (SSSR count). The third-order valence-electron chi connectivity index (χ3n) is 3.48. The van der Waals surface area contributed by atoms with Crippen LogP contribution >= 0.6 is 0 Å². The summed E-state index contributed by atoms with van der Waals surface area (Å²) in [5.41, 5.74) is 1.94. The number of carbonyl (C=O) groups excluding carboxylic acids is 2. The van der Waals surface area contributed by atoms with Gasteiger partial charge in [-0.3, -0.25) is 0 Å². The molecule has 0 saturated carbocycles. The van der Waals surface area contributed by atoms with E-state index in [1.54, 1.807) is 6.08 Å². The van der Waals surface area contributed by atoms with Crippen molar-refractivity contribution in [3.8, 4) is 0 Å². The van der Waals surface area contributed by atoms with Gasteiger partial charge in [0.05, 0.1) is 13.2 Å². The van der Waals surface area contributed by atoms with Crippen molar-refractivity contribution in [2.45, 2.75) is 19.1 Å². The Morgan fingerprint density at radius 3 is 2.20 bits per heavy atom. The summed E-state index contributed by atoms with van der Waals surface area (Å²) in [6.45, 7) is 0.186. The fourth-order valence-corrected chi connectivity index (χ4v) is 2.21. The molecule has 1 N–H and O–H groups in total. The van der Waals surface area contributed by atoms with Crippen LogP contribution in [0.1, 0.15) is 11.1 Å². The Kier molecular flexibility index (Phi) is 7.25. The first-order valence-corrected chi connectivity index (χ1v) is 7.94. The van der Waals surface area contributed by atoms with E-state index in [0.29, 0.717) is 6.42 Å². The van der Waals surface area contributed by atoms with Crippen molar-refractivity contribution in [1.82, 2.24) is 5.32 Å². The van der Waals surface area contributed by atoms with Crippen LogP contribution in [0.5, 0.6) is 0 Å². The molecule has 2 aromatic carbocycles. The molecular formula is C20H21NO4. The van der Waals surface area contributed by atoms with Gasteiger partial charge in [0.15, 0.2) is 0 Å². The largest absolute Gasteiger partial charge is 0.466 e. The van der Waals surface area contributed by atoms with Gasteiger partial charge in [-0.25, -0.2) is 9.59 Å². The molecule has 1 unspecified atom stereocenters. The van der Waals surface area contributed by atoms with Gasteiger partial charge in [0, 0.05) is 6.08 Å². The summed E-state index contributed by atoms with van der Waals surface area (Å²) in [5, 5.41) is 2.76. The van der Waals surface area contributed by atoms with Crippen LogP contribution in [0.25, 0.3) is 0 Å². The Bertz CT molecular complexity index is 698. The van der Waals surface area contributed by atoms with Crippen LogP contribution in [-0.4, -0.2) is 25.2 Å². The minimum atomic E-state index is -0.542. The highest BCUT2D eigenvalue weighted by atomic mass is 16.5. The van der Waals surface area contributed by atoms with Gasteiger partial charge >= 0.3 is 12.1 Å². The molecule has 0 aromatic heterocycles. The van der Waals surface area contributed by atoms with Crippen molar-refractivity contribution in [2.75, 3.05) is 7.11 Å². The number of ether oxygens (including phenoxy) is 2. The van der Waals surface area contributed by atoms with Gasteiger partial charge in [-0.2, -0.15) is 0 Å². The molecule has 0 saturated heterocycles. The third-order valence-corrected chi connectivity index (χ3v) is 3.48. The molecule has 0 heterocycles. The molecule has 0 radical (unpaired) electrons. The Balaban J connectivity index is 1.95. The van der Waals surface area contributed by atoms with Gasteiger partial charge in [0.2, 0.25) is 0 Å². The van der Waals surface area contributed by atoms with E-state index in [-0.39, 0.29) is 12.6 Å². The summed E-state index contributed by atoms with van der Waals surface area (Å²) in [7, 11) is 1.31. The molecule has 0 aliphatic rings. The molecule has 5 heteroatoms. The van der Waals surface area contributed by atoms with Crippen LogP contribution in [-0.2, 0) is 27.3 Å². The Morgan fingerprint density at radius 2 is 1.60 bits per heavy atom. The maximum Gasteiger partial charge on any atom is 0.407 e. The summed E-state index contributed by atoms with van der Waals surface area (Å²) < 4.78 is 9.82. The number of carbonyl (C=O) groups is 2. The number of alkyl carbamates (subject to hydrolysis) is 1. The van der Waals surface area contributed by atoms with E-state index >= 15 is 0 Å². The van der Waals surface area contributed by atoms with E-state index in [0.717, 1.165) is 11.1 Å². The summed E-state index contributed by atoms with van der Waals surface area (Å²) in [6.07, 6.45) is 2.89. The Morgan fingerprint density at radius 1 is 1.00 bits per heavy atom. The minimum Gasteiger partial charge on any atom is -0.466 e. The average molecular weight is 339 g/mol. The number of amides is 1. The minimum absolute atomic E-state index is 0.186. The van der Waals surface area contributed by atoms with E-state index in [4.69, 9.17) is 4.74 Å². The second kappa shape index (κ2) is 9.93. The van der Waals surface area contributed by atoms with Crippen molar-refractivity contribution < 1.29 is 19.1 Å². The molecule has 0 aliphatic heterocycles. The van der Waals surface area contributed by atoms with E-state index in [1.165, 1.54) is 13.2 Å². The molecule has 0 bridgehead atoms. The zero-order valence-corrected chi connectivity index (χ0v) is 14.1. The molecule has 1 atom stereocenters. The van der Waals surface area contributed by atoms with Gasteiger partial charge in [0.25, 0.3) is 0 Å². The van der Waals surface area contributed by atoms with Crippen molar-refractivity contribution in [3.05, 3.63) is 83.9 Å². The first kappa shape index (κ1) is 18.3. The van der Waals surface area contributed by atoms with Crippen LogP contribution in [0.2, 0.25) is 0 Å². The number of benzene rings is 2. The SMILES string of the molecule is COC(=O)C=CC(Cc1ccccc1)NC(=O)OCc1ccccc1. The van der Waals surface area contributed by atoms with Crippen LogP contribution in [0.3, 0.4) is 0 Å². The molecule has 2 aromatic rings. The maximum absolute atomic E-state index is 12.0. The highest BCUT2D eigenvalue weighted by molar-refractivity contribution is 5.82. The predicted molar refractivity (Wildman–Crippen MR) is 94.9 cm³/mol. The van der Waals surface area contributed by atoms with E-state index in [9.17, 15) is 9.59 Å². The lowest BCUT2D eigenvalue weighted by Crippen LogP contribution is -2.35. The summed E-state index contributed by atoms with van der Waals surface area (Å²) >= 11 is 0. The quantitative estimate of drug-likeness (QED) is 0.621. The predicted octanol–water partition coefficient (Wildman–Crippen LogP) is 3.25. The molecule has 25 heavy (non-hydrogen) atoms. The van der Waals surface area contributed by atoms with Crippen molar-refractivity contribution in [1.29, 1.82) is 0 Å². The highest BCUT2D eigenvalue weighted by Crippen LogP contribution is 2.06. The van der Waals surface area contributed by atoms with Gasteiger partial charge in [-0.15, -0.1) is 0 Å². The first-order valence-electron chi connectivity index (χ1n) is 7.94. The summed E-state index contributed by atoms with van der Waals surface area (Å²) in [6, 6.07) is 18.7. The van der Waals surface area contributed by atoms with Gasteiger partial charge in [-0.1, -0.05) is 66.7 Å². The van der Waals surface area contributed by atoms with Crippen molar-refractivity contribution in [3.63, 3.8) is 0 Å². The summed E-state index contributed by atoms with van der Waals surface area (Å²) in [5.74, 6) is -0.475. The van der Waals surface area contributed by atoms with E-state index in [1.807, 2.05) is 60.7 Å². The molecule has 0 aliphatic carbocycles. The van der Waals surface area contributed by atoms with Crippen molar-refractivity contribution in [2.24, 2.45) is 0 Å². The molecule has 130 valence electrons. The standard InChI is InChI=1S/C20H21NO4/c1-24-19(22)13-12-18(14-16-8-4-2-5-9-16)21-20(23)25-15-17-10-6-3-7-11-17/h2-13,18H,14-15H2,1H3,(H,21,23). The number of hydrogen-bond acceptors (Lipinski definition) is 4. The van der Waals surface area contributed by atoms with Crippen LogP contribution < -0.4 is 5.32 Å². The molecule has 0 fully saturated rings. The number of rotatable bonds is 7. The van der Waals surface area contributed by atoms with E-state index in [2.05, 4.69) is 10.1 Å². The second-order valence-corrected chi connectivity index (χ2v) is 5.38. The fraction of sp³-hybridized carbons (Fsp3) is 0.200. The van der Waals surface area contributed by atoms with Crippen LogP contribution in [0.4, 0.5) is 4.79 Å². The van der Waals surface area contributed by atoms with Gasteiger partial charge in [-0.05, 0) is 17.5 Å². The molecular weight excluding hydrogens is 318 g/mol. The molecule has 0 spiro atoms. The number of methoxy groups -OCH3 is 1. The fourth-order valence-electron chi connectivity index (χ4n) is 2.21. The van der Waals surface area contributed by atoms with Gasteiger partial charge < -0.3 is 14.8 Å². The number of esters is 1. The van der Waals surface area contributed by atoms with Gasteiger partial charge in [0.1, 0.15) is 6.61 Å². The normalized spacial score (nSPS) is 11.7. The molecule has 1 amide bonds. The van der Waals surface area contributed by atoms with E-state index < -0.39 is 12.1 Å². The van der Waals surface area contributed by atoms with Crippen LogP contribution in [0.15, 0.2) is 72.8 Å². The topological polar surface area (TPSA) is 64.6 Å². The maximum atomic E-state index is 12.0. The highest BCUT2D eigenvalue weighted by Gasteiger charge is 2.12. The first-order chi connectivity index (χ1) is 12.2. The zero-order chi connectivity index (χ0) is 17.9. The Labute approximate surface area is 147 Å². The lowest BCUT2D eigenvalue weighted by Gasteiger charge is -2.15. The lowest BCUT2D eigenvalue weighted by molar-refractivity contribution is -0.134.